The molecule has 1 aromatic carbocycles. The highest BCUT2D eigenvalue weighted by molar-refractivity contribution is 5.93. The van der Waals surface area contributed by atoms with Crippen LogP contribution in [-0.2, 0) is 9.47 Å². The van der Waals surface area contributed by atoms with Crippen LogP contribution in [0.3, 0.4) is 0 Å². The first-order valence-electron chi connectivity index (χ1n) is 8.70. The topological polar surface area (TPSA) is 102 Å². The number of ether oxygens (including phenoxy) is 2. The van der Waals surface area contributed by atoms with E-state index in [1.807, 2.05) is 0 Å². The van der Waals surface area contributed by atoms with Crippen LogP contribution in [0.25, 0.3) is 0 Å². The van der Waals surface area contributed by atoms with E-state index in [1.165, 1.54) is 0 Å². The Balaban J connectivity index is 2.05. The number of amides is 1. The molecule has 1 heterocycles. The molecule has 0 atom stereocenters. The number of anilines is 2. The SMILES string of the molecule is CCOC(=O)c1ccc(Nc2cc(C(=O)NCCCOC)nc(C)n2)cc1. The number of aromatic nitrogens is 2. The van der Waals surface area contributed by atoms with E-state index in [1.54, 1.807) is 51.3 Å². The predicted molar refractivity (Wildman–Crippen MR) is 101 cm³/mol. The first-order valence-corrected chi connectivity index (χ1v) is 8.70. The quantitative estimate of drug-likeness (QED) is 0.515. The standard InChI is InChI=1S/C19H24N4O4/c1-4-27-19(25)14-6-8-15(9-7-14)23-17-12-16(21-13(2)22-17)18(24)20-10-5-11-26-3/h6-9,12H,4-5,10-11H2,1-3H3,(H,20,24)(H,21,22,23). The first kappa shape index (κ1) is 20.3. The lowest BCUT2D eigenvalue weighted by Gasteiger charge is -2.10. The van der Waals surface area contributed by atoms with Crippen LogP contribution in [-0.4, -0.2) is 48.7 Å². The lowest BCUT2D eigenvalue weighted by Crippen LogP contribution is -2.26. The normalized spacial score (nSPS) is 10.3. The molecular formula is C19H24N4O4. The van der Waals surface area contributed by atoms with Crippen LogP contribution in [0.1, 0.15) is 40.0 Å². The van der Waals surface area contributed by atoms with Gasteiger partial charge in [0.25, 0.3) is 5.91 Å². The fourth-order valence-electron chi connectivity index (χ4n) is 2.31. The Kier molecular flexibility index (Phi) is 7.69. The van der Waals surface area contributed by atoms with E-state index in [-0.39, 0.29) is 17.6 Å². The fourth-order valence-corrected chi connectivity index (χ4v) is 2.31. The number of carbonyl (C=O) groups excluding carboxylic acids is 2. The van der Waals surface area contributed by atoms with Gasteiger partial charge in [0, 0.05) is 32.0 Å². The highest BCUT2D eigenvalue weighted by Gasteiger charge is 2.11. The molecule has 0 aliphatic heterocycles. The maximum atomic E-state index is 12.2. The van der Waals surface area contributed by atoms with Gasteiger partial charge in [-0.1, -0.05) is 0 Å². The number of hydrogen-bond donors (Lipinski definition) is 2. The van der Waals surface area contributed by atoms with Gasteiger partial charge in [0.2, 0.25) is 0 Å². The molecule has 0 saturated heterocycles. The predicted octanol–water partition coefficient (Wildman–Crippen LogP) is 2.47. The third-order valence-electron chi connectivity index (χ3n) is 3.55. The number of esters is 1. The zero-order chi connectivity index (χ0) is 19.6. The molecule has 2 rings (SSSR count). The second-order valence-electron chi connectivity index (χ2n) is 5.71. The average Bonchev–Trinajstić information content (AvgIpc) is 2.65. The van der Waals surface area contributed by atoms with Gasteiger partial charge in [0.05, 0.1) is 12.2 Å². The van der Waals surface area contributed by atoms with Crippen LogP contribution in [0, 0.1) is 6.92 Å². The molecule has 27 heavy (non-hydrogen) atoms. The van der Waals surface area contributed by atoms with Crippen molar-refractivity contribution >= 4 is 23.4 Å². The average molecular weight is 372 g/mol. The van der Waals surface area contributed by atoms with Gasteiger partial charge in [-0.25, -0.2) is 14.8 Å². The van der Waals surface area contributed by atoms with E-state index < -0.39 is 0 Å². The van der Waals surface area contributed by atoms with Crippen molar-refractivity contribution in [1.82, 2.24) is 15.3 Å². The summed E-state index contributed by atoms with van der Waals surface area (Å²) in [6.07, 6.45) is 0.726. The highest BCUT2D eigenvalue weighted by atomic mass is 16.5. The van der Waals surface area contributed by atoms with Crippen molar-refractivity contribution in [2.45, 2.75) is 20.3 Å². The summed E-state index contributed by atoms with van der Waals surface area (Å²) >= 11 is 0. The van der Waals surface area contributed by atoms with E-state index >= 15 is 0 Å². The number of rotatable bonds is 9. The number of benzene rings is 1. The number of hydrogen-bond acceptors (Lipinski definition) is 7. The Hall–Kier alpha value is -3.00. The minimum Gasteiger partial charge on any atom is -0.462 e. The summed E-state index contributed by atoms with van der Waals surface area (Å²) < 4.78 is 9.91. The first-order chi connectivity index (χ1) is 13.0. The molecule has 0 saturated carbocycles. The molecule has 0 bridgehead atoms. The number of methoxy groups -OCH3 is 1. The van der Waals surface area contributed by atoms with Crippen molar-refractivity contribution in [1.29, 1.82) is 0 Å². The van der Waals surface area contributed by atoms with Gasteiger partial charge in [-0.2, -0.15) is 0 Å². The molecule has 144 valence electrons. The summed E-state index contributed by atoms with van der Waals surface area (Å²) in [7, 11) is 1.62. The number of nitrogens with zero attached hydrogens (tertiary/aromatic N) is 2. The zero-order valence-corrected chi connectivity index (χ0v) is 15.7. The fraction of sp³-hybridized carbons (Fsp3) is 0.368. The van der Waals surface area contributed by atoms with Gasteiger partial charge in [-0.05, 0) is 44.5 Å². The van der Waals surface area contributed by atoms with Crippen molar-refractivity contribution in [2.75, 3.05) is 32.2 Å². The summed E-state index contributed by atoms with van der Waals surface area (Å²) in [4.78, 5) is 32.4. The van der Waals surface area contributed by atoms with Crippen molar-refractivity contribution in [2.24, 2.45) is 0 Å². The Morgan fingerprint density at radius 3 is 2.56 bits per heavy atom. The lowest BCUT2D eigenvalue weighted by molar-refractivity contribution is 0.0526. The zero-order valence-electron chi connectivity index (χ0n) is 15.7. The largest absolute Gasteiger partial charge is 0.462 e. The van der Waals surface area contributed by atoms with Crippen LogP contribution in [0.2, 0.25) is 0 Å². The lowest BCUT2D eigenvalue weighted by atomic mass is 10.2. The van der Waals surface area contributed by atoms with Crippen molar-refractivity contribution < 1.29 is 19.1 Å². The van der Waals surface area contributed by atoms with Gasteiger partial charge in [-0.3, -0.25) is 4.79 Å². The van der Waals surface area contributed by atoms with Gasteiger partial charge >= 0.3 is 5.97 Å². The molecule has 1 amide bonds. The molecule has 1 aromatic heterocycles. The van der Waals surface area contributed by atoms with Crippen LogP contribution < -0.4 is 10.6 Å². The minimum absolute atomic E-state index is 0.266. The minimum atomic E-state index is -0.366. The molecule has 2 N–H and O–H groups in total. The molecule has 0 radical (unpaired) electrons. The third-order valence-corrected chi connectivity index (χ3v) is 3.55. The van der Waals surface area contributed by atoms with Gasteiger partial charge < -0.3 is 20.1 Å². The summed E-state index contributed by atoms with van der Waals surface area (Å²) in [6, 6.07) is 8.40. The maximum absolute atomic E-state index is 12.2. The highest BCUT2D eigenvalue weighted by Crippen LogP contribution is 2.17. The molecule has 0 unspecified atom stereocenters. The Bertz CT molecular complexity index is 778. The van der Waals surface area contributed by atoms with Gasteiger partial charge in [0.1, 0.15) is 17.3 Å². The van der Waals surface area contributed by atoms with Crippen LogP contribution in [0.5, 0.6) is 0 Å². The third kappa shape index (κ3) is 6.34. The number of aryl methyl sites for hydroxylation is 1. The van der Waals surface area contributed by atoms with Crippen LogP contribution in [0.15, 0.2) is 30.3 Å². The summed E-state index contributed by atoms with van der Waals surface area (Å²) in [5.74, 6) is 0.338. The van der Waals surface area contributed by atoms with E-state index in [9.17, 15) is 9.59 Å². The maximum Gasteiger partial charge on any atom is 0.338 e. The molecule has 8 heteroatoms. The van der Waals surface area contributed by atoms with E-state index in [0.29, 0.717) is 37.0 Å². The van der Waals surface area contributed by atoms with Crippen LogP contribution >= 0.6 is 0 Å². The number of nitrogens with one attached hydrogen (secondary N) is 2. The summed E-state index contributed by atoms with van der Waals surface area (Å²) in [5, 5.41) is 5.91. The smallest absolute Gasteiger partial charge is 0.338 e. The summed E-state index contributed by atoms with van der Waals surface area (Å²) in [5.41, 5.74) is 1.48. The van der Waals surface area contributed by atoms with Crippen molar-refractivity contribution in [3.05, 3.63) is 47.4 Å². The molecule has 0 spiro atoms. The van der Waals surface area contributed by atoms with E-state index in [2.05, 4.69) is 20.6 Å². The molecular weight excluding hydrogens is 348 g/mol. The molecule has 0 aliphatic rings. The van der Waals surface area contributed by atoms with E-state index in [4.69, 9.17) is 9.47 Å². The molecule has 0 fully saturated rings. The number of carbonyl (C=O) groups is 2. The van der Waals surface area contributed by atoms with Gasteiger partial charge in [0.15, 0.2) is 0 Å². The van der Waals surface area contributed by atoms with Crippen molar-refractivity contribution in [3.63, 3.8) is 0 Å². The molecule has 2 aromatic rings. The summed E-state index contributed by atoms with van der Waals surface area (Å²) in [6.45, 7) is 4.90. The van der Waals surface area contributed by atoms with Gasteiger partial charge in [-0.15, -0.1) is 0 Å². The Morgan fingerprint density at radius 2 is 1.89 bits per heavy atom. The Labute approximate surface area is 158 Å². The monoisotopic (exact) mass is 372 g/mol. The second kappa shape index (κ2) is 10.2. The Morgan fingerprint density at radius 1 is 1.15 bits per heavy atom. The second-order valence-corrected chi connectivity index (χ2v) is 5.71. The van der Waals surface area contributed by atoms with E-state index in [0.717, 1.165) is 12.1 Å². The van der Waals surface area contributed by atoms with Crippen LogP contribution in [0.4, 0.5) is 11.5 Å². The molecule has 0 aliphatic carbocycles. The van der Waals surface area contributed by atoms with Crippen molar-refractivity contribution in [3.8, 4) is 0 Å². The molecule has 8 nitrogen and oxygen atoms in total.